The first-order valence-electron chi connectivity index (χ1n) is 7.45. The van der Waals surface area contributed by atoms with Crippen molar-refractivity contribution in [2.24, 2.45) is 0 Å². The summed E-state index contributed by atoms with van der Waals surface area (Å²) >= 11 is 0. The van der Waals surface area contributed by atoms with E-state index in [0.717, 1.165) is 25.0 Å². The zero-order valence-electron chi connectivity index (χ0n) is 11.9. The average Bonchev–Trinajstić information content (AvgIpc) is 2.80. The summed E-state index contributed by atoms with van der Waals surface area (Å²) in [5, 5.41) is 3.69. The molecule has 1 atom stereocenters. The van der Waals surface area contributed by atoms with Crippen molar-refractivity contribution in [2.45, 2.75) is 51.6 Å². The number of rotatable bonds is 3. The highest BCUT2D eigenvalue weighted by atomic mass is 15.2. The van der Waals surface area contributed by atoms with E-state index in [1.165, 1.54) is 30.6 Å². The van der Waals surface area contributed by atoms with Gasteiger partial charge in [-0.3, -0.25) is 0 Å². The Morgan fingerprint density at radius 3 is 2.89 bits per heavy atom. The molecule has 19 heavy (non-hydrogen) atoms. The fourth-order valence-electron chi connectivity index (χ4n) is 3.19. The van der Waals surface area contributed by atoms with Crippen LogP contribution < -0.4 is 5.32 Å². The summed E-state index contributed by atoms with van der Waals surface area (Å²) in [5.41, 5.74) is 2.43. The number of aryl methyl sites for hydroxylation is 1. The SMILES string of the molecule is CCCn1c(C2(C)CCCCN2)nc2ccccc21. The van der Waals surface area contributed by atoms with Crippen LogP contribution in [0.25, 0.3) is 11.0 Å². The second-order valence-electron chi connectivity index (χ2n) is 5.79. The molecule has 0 aliphatic carbocycles. The van der Waals surface area contributed by atoms with Crippen molar-refractivity contribution in [3.63, 3.8) is 0 Å². The van der Waals surface area contributed by atoms with Crippen molar-refractivity contribution >= 4 is 11.0 Å². The van der Waals surface area contributed by atoms with E-state index in [1.54, 1.807) is 0 Å². The van der Waals surface area contributed by atoms with E-state index in [9.17, 15) is 0 Å². The minimum absolute atomic E-state index is 0.0342. The molecule has 0 amide bonds. The molecule has 3 heteroatoms. The molecule has 1 N–H and O–H groups in total. The van der Waals surface area contributed by atoms with Crippen LogP contribution in [0.4, 0.5) is 0 Å². The summed E-state index contributed by atoms with van der Waals surface area (Å²) in [6.45, 7) is 6.69. The minimum atomic E-state index is 0.0342. The molecule has 3 nitrogen and oxygen atoms in total. The fraction of sp³-hybridized carbons (Fsp3) is 0.562. The van der Waals surface area contributed by atoms with Crippen molar-refractivity contribution in [1.29, 1.82) is 0 Å². The van der Waals surface area contributed by atoms with Crippen LogP contribution >= 0.6 is 0 Å². The van der Waals surface area contributed by atoms with Crippen LogP contribution in [-0.2, 0) is 12.1 Å². The van der Waals surface area contributed by atoms with E-state index in [-0.39, 0.29) is 5.54 Å². The van der Waals surface area contributed by atoms with Crippen molar-refractivity contribution in [1.82, 2.24) is 14.9 Å². The number of nitrogens with one attached hydrogen (secondary N) is 1. The normalized spacial score (nSPS) is 23.9. The summed E-state index contributed by atoms with van der Waals surface area (Å²) in [5.74, 6) is 1.22. The molecule has 0 bridgehead atoms. The van der Waals surface area contributed by atoms with Gasteiger partial charge in [0, 0.05) is 6.54 Å². The molecular formula is C16H23N3. The van der Waals surface area contributed by atoms with Crippen molar-refractivity contribution < 1.29 is 0 Å². The van der Waals surface area contributed by atoms with Gasteiger partial charge in [-0.25, -0.2) is 4.98 Å². The van der Waals surface area contributed by atoms with Gasteiger partial charge in [-0.15, -0.1) is 0 Å². The molecule has 1 aliphatic rings. The predicted molar refractivity (Wildman–Crippen MR) is 79.2 cm³/mol. The number of hydrogen-bond acceptors (Lipinski definition) is 2. The third-order valence-corrected chi connectivity index (χ3v) is 4.21. The monoisotopic (exact) mass is 257 g/mol. The third-order valence-electron chi connectivity index (χ3n) is 4.21. The second-order valence-corrected chi connectivity index (χ2v) is 5.79. The molecule has 1 aromatic carbocycles. The molecule has 1 unspecified atom stereocenters. The van der Waals surface area contributed by atoms with E-state index in [1.807, 2.05) is 0 Å². The van der Waals surface area contributed by atoms with Crippen LogP contribution in [0.15, 0.2) is 24.3 Å². The lowest BCUT2D eigenvalue weighted by atomic mass is 9.90. The number of piperidine rings is 1. The Balaban J connectivity index is 2.13. The fourth-order valence-corrected chi connectivity index (χ4v) is 3.19. The Kier molecular flexibility index (Phi) is 3.31. The number of aromatic nitrogens is 2. The van der Waals surface area contributed by atoms with Crippen LogP contribution in [0.1, 0.15) is 45.4 Å². The van der Waals surface area contributed by atoms with E-state index in [0.29, 0.717) is 0 Å². The first-order valence-corrected chi connectivity index (χ1v) is 7.45. The summed E-state index contributed by atoms with van der Waals surface area (Å²) in [7, 11) is 0. The zero-order chi connectivity index (χ0) is 13.3. The smallest absolute Gasteiger partial charge is 0.129 e. The van der Waals surface area contributed by atoms with Gasteiger partial charge in [0.15, 0.2) is 0 Å². The zero-order valence-corrected chi connectivity index (χ0v) is 11.9. The number of benzene rings is 1. The maximum absolute atomic E-state index is 4.93. The molecule has 1 fully saturated rings. The number of imidazole rings is 1. The number of nitrogens with zero attached hydrogens (tertiary/aromatic N) is 2. The second kappa shape index (κ2) is 4.97. The van der Waals surface area contributed by atoms with Gasteiger partial charge in [-0.05, 0) is 51.3 Å². The van der Waals surface area contributed by atoms with E-state index in [4.69, 9.17) is 4.98 Å². The maximum Gasteiger partial charge on any atom is 0.129 e. The molecule has 0 saturated carbocycles. The lowest BCUT2D eigenvalue weighted by Crippen LogP contribution is -2.45. The predicted octanol–water partition coefficient (Wildman–Crippen LogP) is 3.44. The highest BCUT2D eigenvalue weighted by Crippen LogP contribution is 2.31. The Hall–Kier alpha value is -1.35. The molecule has 1 aliphatic heterocycles. The van der Waals surface area contributed by atoms with Crippen LogP contribution in [0.2, 0.25) is 0 Å². The van der Waals surface area contributed by atoms with Crippen molar-refractivity contribution in [3.8, 4) is 0 Å². The summed E-state index contributed by atoms with van der Waals surface area (Å²) in [6.07, 6.45) is 4.89. The molecular weight excluding hydrogens is 234 g/mol. The largest absolute Gasteiger partial charge is 0.326 e. The standard InChI is InChI=1S/C16H23N3/c1-3-12-19-14-9-5-4-8-13(14)18-15(19)16(2)10-6-7-11-17-16/h4-5,8-9,17H,3,6-7,10-12H2,1-2H3. The lowest BCUT2D eigenvalue weighted by molar-refractivity contribution is 0.261. The van der Waals surface area contributed by atoms with Gasteiger partial charge in [-0.2, -0.15) is 0 Å². The molecule has 3 rings (SSSR count). The number of para-hydroxylation sites is 2. The Labute approximate surface area is 115 Å². The molecule has 2 heterocycles. The quantitative estimate of drug-likeness (QED) is 0.913. The molecule has 1 saturated heterocycles. The maximum atomic E-state index is 4.93. The third kappa shape index (κ3) is 2.16. The summed E-state index contributed by atoms with van der Waals surface area (Å²) in [4.78, 5) is 4.93. The average molecular weight is 257 g/mol. The van der Waals surface area contributed by atoms with E-state index in [2.05, 4.69) is 48.0 Å². The van der Waals surface area contributed by atoms with Gasteiger partial charge in [0.05, 0.1) is 16.6 Å². The first-order chi connectivity index (χ1) is 9.24. The van der Waals surface area contributed by atoms with Gasteiger partial charge < -0.3 is 9.88 Å². The van der Waals surface area contributed by atoms with Crippen molar-refractivity contribution in [2.75, 3.05) is 6.54 Å². The van der Waals surface area contributed by atoms with Crippen molar-refractivity contribution in [3.05, 3.63) is 30.1 Å². The molecule has 102 valence electrons. The van der Waals surface area contributed by atoms with Gasteiger partial charge in [0.2, 0.25) is 0 Å². The first kappa shape index (κ1) is 12.7. The summed E-state index contributed by atoms with van der Waals surface area (Å²) < 4.78 is 2.41. The van der Waals surface area contributed by atoms with Crippen LogP contribution in [0, 0.1) is 0 Å². The van der Waals surface area contributed by atoms with Gasteiger partial charge >= 0.3 is 0 Å². The highest BCUT2D eigenvalue weighted by Gasteiger charge is 2.33. The van der Waals surface area contributed by atoms with Gasteiger partial charge in [0.25, 0.3) is 0 Å². The Morgan fingerprint density at radius 2 is 2.16 bits per heavy atom. The Bertz CT molecular complexity index is 564. The molecule has 0 radical (unpaired) electrons. The summed E-state index contributed by atoms with van der Waals surface area (Å²) in [6, 6.07) is 8.49. The Morgan fingerprint density at radius 1 is 1.32 bits per heavy atom. The van der Waals surface area contributed by atoms with Crippen LogP contribution in [-0.4, -0.2) is 16.1 Å². The minimum Gasteiger partial charge on any atom is -0.326 e. The van der Waals surface area contributed by atoms with Gasteiger partial charge in [0.1, 0.15) is 5.82 Å². The topological polar surface area (TPSA) is 29.9 Å². The van der Waals surface area contributed by atoms with Crippen LogP contribution in [0.5, 0.6) is 0 Å². The highest BCUT2D eigenvalue weighted by molar-refractivity contribution is 5.76. The number of fused-ring (bicyclic) bond motifs is 1. The molecule has 0 spiro atoms. The van der Waals surface area contributed by atoms with E-state index < -0.39 is 0 Å². The molecule has 2 aromatic rings. The lowest BCUT2D eigenvalue weighted by Gasteiger charge is -2.34. The molecule has 1 aromatic heterocycles. The van der Waals surface area contributed by atoms with Gasteiger partial charge in [-0.1, -0.05) is 19.1 Å². The number of hydrogen-bond donors (Lipinski definition) is 1. The van der Waals surface area contributed by atoms with Crippen LogP contribution in [0.3, 0.4) is 0 Å². The van der Waals surface area contributed by atoms with E-state index >= 15 is 0 Å².